The fourth-order valence-corrected chi connectivity index (χ4v) is 2.34. The number of hydrogen-bond acceptors (Lipinski definition) is 4. The molecular weight excluding hydrogens is 216 g/mol. The quantitative estimate of drug-likeness (QED) is 0.869. The Kier molecular flexibility index (Phi) is 4.18. The van der Waals surface area contributed by atoms with Gasteiger partial charge in [0.25, 0.3) is 0 Å². The summed E-state index contributed by atoms with van der Waals surface area (Å²) in [5, 5.41) is 9.06. The smallest absolute Gasteiger partial charge is 0.195 e. The van der Waals surface area contributed by atoms with Gasteiger partial charge in [-0.05, 0) is 26.4 Å². The summed E-state index contributed by atoms with van der Waals surface area (Å²) in [5.74, 6) is 1.64. The van der Waals surface area contributed by atoms with Gasteiger partial charge in [-0.3, -0.25) is 0 Å². The Morgan fingerprint density at radius 2 is 2.41 bits per heavy atom. The molecule has 17 heavy (non-hydrogen) atoms. The largest absolute Gasteiger partial charge is 0.445 e. The van der Waals surface area contributed by atoms with Crippen molar-refractivity contribution in [3.63, 3.8) is 0 Å². The molecule has 1 aliphatic rings. The minimum atomic E-state index is 0.0420. The molecule has 4 nitrogen and oxygen atoms in total. The average molecular weight is 238 g/mol. The Bertz CT molecular complexity index is 351. The first kappa shape index (κ1) is 12.6. The van der Waals surface area contributed by atoms with E-state index in [-0.39, 0.29) is 12.5 Å². The lowest BCUT2D eigenvalue weighted by Gasteiger charge is -2.31. The van der Waals surface area contributed by atoms with Crippen LogP contribution in [-0.2, 0) is 6.42 Å². The third-order valence-corrected chi connectivity index (χ3v) is 3.66. The zero-order valence-electron chi connectivity index (χ0n) is 10.7. The van der Waals surface area contributed by atoms with Crippen molar-refractivity contribution >= 4 is 0 Å². The lowest BCUT2D eigenvalue weighted by atomic mass is 10.0. The van der Waals surface area contributed by atoms with E-state index >= 15 is 0 Å². The number of rotatable bonds is 4. The van der Waals surface area contributed by atoms with E-state index in [1.807, 2.05) is 6.92 Å². The molecule has 2 rings (SSSR count). The van der Waals surface area contributed by atoms with Crippen molar-refractivity contribution in [2.24, 2.45) is 0 Å². The van der Waals surface area contributed by atoms with Crippen LogP contribution in [0.25, 0.3) is 0 Å². The Labute approximate surface area is 103 Å². The highest BCUT2D eigenvalue weighted by Gasteiger charge is 2.21. The van der Waals surface area contributed by atoms with Crippen LogP contribution < -0.4 is 0 Å². The highest BCUT2D eigenvalue weighted by atomic mass is 16.4. The van der Waals surface area contributed by atoms with Crippen LogP contribution in [-0.4, -0.2) is 41.2 Å². The molecule has 1 aromatic heterocycles. The molecule has 0 spiro atoms. The summed E-state index contributed by atoms with van der Waals surface area (Å²) >= 11 is 0. The van der Waals surface area contributed by atoms with Crippen LogP contribution in [0.5, 0.6) is 0 Å². The van der Waals surface area contributed by atoms with E-state index in [4.69, 9.17) is 9.52 Å². The van der Waals surface area contributed by atoms with Crippen molar-refractivity contribution in [3.8, 4) is 0 Å². The molecule has 1 aliphatic heterocycles. The minimum absolute atomic E-state index is 0.0420. The number of hydrogen-bond donors (Lipinski definition) is 1. The highest BCUT2D eigenvalue weighted by molar-refractivity contribution is 5.01. The molecule has 0 aliphatic carbocycles. The Hall–Kier alpha value is -0.870. The maximum Gasteiger partial charge on any atom is 0.195 e. The molecule has 1 N–H and O–H groups in total. The van der Waals surface area contributed by atoms with Crippen LogP contribution in [0.1, 0.15) is 43.8 Å². The summed E-state index contributed by atoms with van der Waals surface area (Å²) in [6.45, 7) is 3.22. The SMILES string of the molecule is CC(CO)c1cnc(CC2CCCCN2C)o1. The number of aliphatic hydroxyl groups excluding tert-OH is 1. The molecule has 1 saturated heterocycles. The molecule has 0 saturated carbocycles. The molecule has 96 valence electrons. The summed E-state index contributed by atoms with van der Waals surface area (Å²) in [7, 11) is 2.17. The number of aliphatic hydroxyl groups is 1. The molecular formula is C13H22N2O2. The fourth-order valence-electron chi connectivity index (χ4n) is 2.34. The monoisotopic (exact) mass is 238 g/mol. The summed E-state index contributed by atoms with van der Waals surface area (Å²) in [6, 6.07) is 0.555. The number of nitrogens with zero attached hydrogens (tertiary/aromatic N) is 2. The summed E-state index contributed by atoms with van der Waals surface area (Å²) in [4.78, 5) is 6.70. The Morgan fingerprint density at radius 1 is 1.59 bits per heavy atom. The highest BCUT2D eigenvalue weighted by Crippen LogP contribution is 2.21. The molecule has 0 bridgehead atoms. The van der Waals surface area contributed by atoms with Gasteiger partial charge in [-0.1, -0.05) is 13.3 Å². The number of piperidine rings is 1. The molecule has 2 atom stereocenters. The van der Waals surface area contributed by atoms with E-state index in [1.54, 1.807) is 6.20 Å². The van der Waals surface area contributed by atoms with Gasteiger partial charge in [0.2, 0.25) is 0 Å². The van der Waals surface area contributed by atoms with Crippen molar-refractivity contribution in [1.29, 1.82) is 0 Å². The molecule has 2 unspecified atom stereocenters. The van der Waals surface area contributed by atoms with E-state index in [1.165, 1.54) is 25.8 Å². The van der Waals surface area contributed by atoms with Crippen molar-refractivity contribution in [1.82, 2.24) is 9.88 Å². The first-order valence-corrected chi connectivity index (χ1v) is 6.46. The van der Waals surface area contributed by atoms with Crippen molar-refractivity contribution < 1.29 is 9.52 Å². The summed E-state index contributed by atoms with van der Waals surface area (Å²) < 4.78 is 5.69. The van der Waals surface area contributed by atoms with Gasteiger partial charge in [-0.25, -0.2) is 4.98 Å². The van der Waals surface area contributed by atoms with Crippen LogP contribution in [0.4, 0.5) is 0 Å². The third-order valence-electron chi connectivity index (χ3n) is 3.66. The number of aromatic nitrogens is 1. The molecule has 4 heteroatoms. The van der Waals surface area contributed by atoms with E-state index in [0.717, 1.165) is 18.1 Å². The minimum Gasteiger partial charge on any atom is -0.445 e. The van der Waals surface area contributed by atoms with Gasteiger partial charge in [0, 0.05) is 18.4 Å². The predicted molar refractivity (Wildman–Crippen MR) is 66.0 cm³/mol. The van der Waals surface area contributed by atoms with Crippen LogP contribution in [0, 0.1) is 0 Å². The fraction of sp³-hybridized carbons (Fsp3) is 0.769. The van der Waals surface area contributed by atoms with Gasteiger partial charge in [-0.15, -0.1) is 0 Å². The van der Waals surface area contributed by atoms with E-state index in [9.17, 15) is 0 Å². The van der Waals surface area contributed by atoms with Crippen LogP contribution in [0.15, 0.2) is 10.6 Å². The molecule has 1 fully saturated rings. The van der Waals surface area contributed by atoms with Crippen molar-refractivity contribution in [2.75, 3.05) is 20.2 Å². The first-order valence-electron chi connectivity index (χ1n) is 6.46. The zero-order chi connectivity index (χ0) is 12.3. The second kappa shape index (κ2) is 5.65. The molecule has 1 aromatic rings. The Morgan fingerprint density at radius 3 is 3.12 bits per heavy atom. The molecule has 0 amide bonds. The van der Waals surface area contributed by atoms with E-state index in [2.05, 4.69) is 16.9 Å². The molecule has 0 aromatic carbocycles. The number of oxazole rings is 1. The van der Waals surface area contributed by atoms with Gasteiger partial charge < -0.3 is 14.4 Å². The topological polar surface area (TPSA) is 49.5 Å². The first-order chi connectivity index (χ1) is 8.20. The lowest BCUT2D eigenvalue weighted by Crippen LogP contribution is -2.37. The van der Waals surface area contributed by atoms with Crippen LogP contribution >= 0.6 is 0 Å². The normalized spacial score (nSPS) is 23.8. The average Bonchev–Trinajstić information content (AvgIpc) is 2.80. The zero-order valence-corrected chi connectivity index (χ0v) is 10.7. The second-order valence-corrected chi connectivity index (χ2v) is 5.07. The lowest BCUT2D eigenvalue weighted by molar-refractivity contribution is 0.175. The standard InChI is InChI=1S/C13H22N2O2/c1-10(9-16)12-8-14-13(17-12)7-11-5-3-4-6-15(11)2/h8,10-11,16H,3-7,9H2,1-2H3. The molecule has 2 heterocycles. The van der Waals surface area contributed by atoms with Gasteiger partial charge in [0.1, 0.15) is 5.76 Å². The van der Waals surface area contributed by atoms with Gasteiger partial charge in [-0.2, -0.15) is 0 Å². The summed E-state index contributed by atoms with van der Waals surface area (Å²) in [6.07, 6.45) is 6.46. The van der Waals surface area contributed by atoms with Gasteiger partial charge >= 0.3 is 0 Å². The maximum atomic E-state index is 9.06. The van der Waals surface area contributed by atoms with Crippen LogP contribution in [0.2, 0.25) is 0 Å². The molecule has 0 radical (unpaired) electrons. The number of likely N-dealkylation sites (N-methyl/N-ethyl adjacent to an activating group) is 1. The van der Waals surface area contributed by atoms with Gasteiger partial charge in [0.15, 0.2) is 5.89 Å². The van der Waals surface area contributed by atoms with Crippen LogP contribution in [0.3, 0.4) is 0 Å². The maximum absolute atomic E-state index is 9.06. The second-order valence-electron chi connectivity index (χ2n) is 5.07. The summed E-state index contributed by atoms with van der Waals surface area (Å²) in [5.41, 5.74) is 0. The van der Waals surface area contributed by atoms with E-state index < -0.39 is 0 Å². The van der Waals surface area contributed by atoms with Gasteiger partial charge in [0.05, 0.1) is 12.8 Å². The van der Waals surface area contributed by atoms with E-state index in [0.29, 0.717) is 6.04 Å². The third kappa shape index (κ3) is 3.07. The van der Waals surface area contributed by atoms with Crippen molar-refractivity contribution in [2.45, 2.75) is 44.6 Å². The Balaban J connectivity index is 1.96. The van der Waals surface area contributed by atoms with Crippen molar-refractivity contribution in [3.05, 3.63) is 17.8 Å². The predicted octanol–water partition coefficient (Wildman–Crippen LogP) is 1.80. The number of likely N-dealkylation sites (tertiary alicyclic amines) is 1.